The zero-order valence-corrected chi connectivity index (χ0v) is 16.7. The predicted octanol–water partition coefficient (Wildman–Crippen LogP) is 2.78. The Morgan fingerprint density at radius 1 is 1.29 bits per heavy atom. The summed E-state index contributed by atoms with van der Waals surface area (Å²) >= 11 is 1.02. The third-order valence-corrected chi connectivity index (χ3v) is 4.88. The molecule has 0 bridgehead atoms. The number of H-pyrrole nitrogens is 1. The molecule has 1 amide bonds. The van der Waals surface area contributed by atoms with Gasteiger partial charge in [-0.05, 0) is 30.3 Å². The number of thioether (sulfide) groups is 1. The first-order valence-corrected chi connectivity index (χ1v) is 9.93. The van der Waals surface area contributed by atoms with Crippen molar-refractivity contribution in [3.05, 3.63) is 46.9 Å². The maximum absolute atomic E-state index is 13.0. The van der Waals surface area contributed by atoms with Crippen LogP contribution in [-0.2, 0) is 4.79 Å². The number of nitriles is 1. The van der Waals surface area contributed by atoms with Crippen LogP contribution in [0.25, 0.3) is 16.7 Å². The van der Waals surface area contributed by atoms with Gasteiger partial charge in [-0.2, -0.15) is 18.4 Å². The van der Waals surface area contributed by atoms with E-state index in [-0.39, 0.29) is 35.5 Å². The lowest BCUT2D eigenvalue weighted by Crippen LogP contribution is -2.27. The Kier molecular flexibility index (Phi) is 6.86. The van der Waals surface area contributed by atoms with E-state index in [9.17, 15) is 22.8 Å². The van der Waals surface area contributed by atoms with E-state index in [0.717, 1.165) is 11.8 Å². The minimum atomic E-state index is -4.46. The molecule has 0 aliphatic rings. The number of hydrogen-bond donors (Lipinski definition) is 2. The van der Waals surface area contributed by atoms with Crippen LogP contribution in [-0.4, -0.2) is 45.5 Å². The van der Waals surface area contributed by atoms with Crippen molar-refractivity contribution in [1.29, 1.82) is 5.26 Å². The molecular formula is C19H16F3N5O3S. The highest BCUT2D eigenvalue weighted by molar-refractivity contribution is 7.99. The fraction of sp³-hybridized carbons (Fsp3) is 0.263. The molecule has 162 valence electrons. The number of aromatic nitrogens is 3. The van der Waals surface area contributed by atoms with E-state index in [2.05, 4.69) is 15.3 Å². The second-order valence-corrected chi connectivity index (χ2v) is 7.16. The van der Waals surface area contributed by atoms with E-state index in [4.69, 9.17) is 10.00 Å². The molecule has 0 saturated carbocycles. The van der Waals surface area contributed by atoms with E-state index in [1.54, 1.807) is 12.3 Å². The van der Waals surface area contributed by atoms with Crippen molar-refractivity contribution in [3.63, 3.8) is 0 Å². The third-order valence-electron chi connectivity index (χ3n) is 3.95. The van der Waals surface area contributed by atoms with Crippen molar-refractivity contribution in [1.82, 2.24) is 19.9 Å². The van der Waals surface area contributed by atoms with E-state index < -0.39 is 18.3 Å². The van der Waals surface area contributed by atoms with Gasteiger partial charge in [0.05, 0.1) is 29.3 Å². The minimum absolute atomic E-state index is 0.00382. The van der Waals surface area contributed by atoms with Crippen LogP contribution in [0.3, 0.4) is 0 Å². The van der Waals surface area contributed by atoms with Crippen molar-refractivity contribution in [3.8, 4) is 17.5 Å². The second-order valence-electron chi connectivity index (χ2n) is 6.22. The normalized spacial score (nSPS) is 11.3. The molecule has 0 atom stereocenters. The first-order chi connectivity index (χ1) is 14.8. The van der Waals surface area contributed by atoms with E-state index in [1.807, 2.05) is 6.07 Å². The van der Waals surface area contributed by atoms with Crippen LogP contribution in [0.2, 0.25) is 0 Å². The average molecular weight is 451 g/mol. The fourth-order valence-electron chi connectivity index (χ4n) is 2.60. The highest BCUT2D eigenvalue weighted by Gasteiger charge is 2.28. The van der Waals surface area contributed by atoms with Crippen molar-refractivity contribution < 1.29 is 22.7 Å². The molecule has 2 N–H and O–H groups in total. The Morgan fingerprint density at radius 2 is 2.03 bits per heavy atom. The Balaban J connectivity index is 1.87. The van der Waals surface area contributed by atoms with Crippen LogP contribution < -0.4 is 15.6 Å². The molecule has 31 heavy (non-hydrogen) atoms. The number of nitrogens with zero attached hydrogens (tertiary/aromatic N) is 3. The minimum Gasteiger partial charge on any atom is -0.484 e. The van der Waals surface area contributed by atoms with Crippen LogP contribution in [0.5, 0.6) is 5.75 Å². The molecule has 0 unspecified atom stereocenters. The summed E-state index contributed by atoms with van der Waals surface area (Å²) in [6.45, 7) is -1.21. The molecular weight excluding hydrogens is 435 g/mol. The average Bonchev–Trinajstić information content (AvgIpc) is 3.20. The van der Waals surface area contributed by atoms with Crippen molar-refractivity contribution in [2.24, 2.45) is 0 Å². The summed E-state index contributed by atoms with van der Waals surface area (Å²) in [5, 5.41) is 11.7. The SMILES string of the molecule is N#CCCNC(=O)CSc1nc2[nH]ccc2c(=O)n1-c1ccc(OCC(F)(F)F)cc1. The van der Waals surface area contributed by atoms with Gasteiger partial charge in [0, 0.05) is 12.7 Å². The van der Waals surface area contributed by atoms with Gasteiger partial charge in [-0.15, -0.1) is 0 Å². The lowest BCUT2D eigenvalue weighted by molar-refractivity contribution is -0.153. The summed E-state index contributed by atoms with van der Waals surface area (Å²) < 4.78 is 42.9. The van der Waals surface area contributed by atoms with Gasteiger partial charge in [-0.3, -0.25) is 14.2 Å². The molecule has 0 saturated heterocycles. The quantitative estimate of drug-likeness (QED) is 0.309. The number of carbonyl (C=O) groups excluding carboxylic acids is 1. The molecule has 2 heterocycles. The van der Waals surface area contributed by atoms with Crippen LogP contribution in [0.4, 0.5) is 13.2 Å². The molecule has 2 aromatic heterocycles. The summed E-state index contributed by atoms with van der Waals surface area (Å²) in [5.41, 5.74) is 0.300. The van der Waals surface area contributed by atoms with Gasteiger partial charge in [0.1, 0.15) is 11.4 Å². The van der Waals surface area contributed by atoms with Gasteiger partial charge in [0.15, 0.2) is 11.8 Å². The van der Waals surface area contributed by atoms with E-state index in [1.165, 1.54) is 28.8 Å². The second kappa shape index (κ2) is 9.57. The highest BCUT2D eigenvalue weighted by atomic mass is 32.2. The summed E-state index contributed by atoms with van der Waals surface area (Å²) in [4.78, 5) is 32.2. The first kappa shape index (κ1) is 22.2. The van der Waals surface area contributed by atoms with Gasteiger partial charge in [0.2, 0.25) is 5.91 Å². The van der Waals surface area contributed by atoms with Crippen molar-refractivity contribution >= 4 is 28.7 Å². The smallest absolute Gasteiger partial charge is 0.422 e. The molecule has 3 rings (SSSR count). The standard InChI is InChI=1S/C19H16F3N5O3S/c20-19(21,22)11-30-13-4-2-12(3-5-13)27-17(29)14-6-9-25-16(14)26-18(27)31-10-15(28)24-8-1-7-23/h2-6,9,25H,1,8,10-11H2,(H,24,28). The number of alkyl halides is 3. The number of aromatic amines is 1. The summed E-state index contributed by atoms with van der Waals surface area (Å²) in [5.74, 6) is -0.379. The molecule has 0 radical (unpaired) electrons. The van der Waals surface area contributed by atoms with Gasteiger partial charge in [-0.25, -0.2) is 4.98 Å². The van der Waals surface area contributed by atoms with Crippen molar-refractivity contribution in [2.45, 2.75) is 17.8 Å². The Bertz CT molecular complexity index is 1170. The molecule has 12 heteroatoms. The fourth-order valence-corrected chi connectivity index (χ4v) is 3.43. The Hall–Kier alpha value is -3.46. The largest absolute Gasteiger partial charge is 0.484 e. The Labute approximate surface area is 178 Å². The van der Waals surface area contributed by atoms with E-state index >= 15 is 0 Å². The number of halogens is 3. The number of fused-ring (bicyclic) bond motifs is 1. The number of benzene rings is 1. The molecule has 0 fully saturated rings. The molecule has 0 aliphatic heterocycles. The molecule has 8 nitrogen and oxygen atoms in total. The van der Waals surface area contributed by atoms with Gasteiger partial charge in [0.25, 0.3) is 5.56 Å². The van der Waals surface area contributed by atoms with Crippen LogP contribution in [0.1, 0.15) is 6.42 Å². The maximum atomic E-state index is 13.0. The summed E-state index contributed by atoms with van der Waals surface area (Å²) in [6.07, 6.45) is -2.73. The number of hydrogen-bond acceptors (Lipinski definition) is 6. The molecule has 1 aromatic carbocycles. The Morgan fingerprint density at radius 3 is 2.71 bits per heavy atom. The number of carbonyl (C=O) groups is 1. The van der Waals surface area contributed by atoms with Crippen LogP contribution >= 0.6 is 11.8 Å². The summed E-state index contributed by atoms with van der Waals surface area (Å²) in [7, 11) is 0. The van der Waals surface area contributed by atoms with Gasteiger partial charge in [-0.1, -0.05) is 11.8 Å². The highest BCUT2D eigenvalue weighted by Crippen LogP contribution is 2.23. The van der Waals surface area contributed by atoms with Crippen molar-refractivity contribution in [2.75, 3.05) is 18.9 Å². The molecule has 0 aliphatic carbocycles. The van der Waals surface area contributed by atoms with Gasteiger partial charge < -0.3 is 15.0 Å². The van der Waals surface area contributed by atoms with Crippen LogP contribution in [0, 0.1) is 11.3 Å². The maximum Gasteiger partial charge on any atom is 0.422 e. The number of ether oxygens (including phenoxy) is 1. The lowest BCUT2D eigenvalue weighted by Gasteiger charge is -2.13. The van der Waals surface area contributed by atoms with Gasteiger partial charge >= 0.3 is 6.18 Å². The zero-order chi connectivity index (χ0) is 22.4. The molecule has 3 aromatic rings. The number of amides is 1. The predicted molar refractivity (Wildman–Crippen MR) is 107 cm³/mol. The van der Waals surface area contributed by atoms with Crippen LogP contribution in [0.15, 0.2) is 46.5 Å². The number of nitrogens with one attached hydrogen (secondary N) is 2. The number of rotatable bonds is 8. The topological polar surface area (TPSA) is 113 Å². The zero-order valence-electron chi connectivity index (χ0n) is 15.9. The summed E-state index contributed by atoms with van der Waals surface area (Å²) in [6, 6.07) is 8.98. The molecule has 0 spiro atoms. The third kappa shape index (κ3) is 5.79. The van der Waals surface area contributed by atoms with E-state index in [0.29, 0.717) is 16.7 Å². The monoisotopic (exact) mass is 451 g/mol. The lowest BCUT2D eigenvalue weighted by atomic mass is 10.3. The first-order valence-electron chi connectivity index (χ1n) is 8.95.